The second-order valence-electron chi connectivity index (χ2n) is 4.14. The van der Waals surface area contributed by atoms with Gasteiger partial charge in [0.2, 0.25) is 0 Å². The van der Waals surface area contributed by atoms with Crippen LogP contribution < -0.4 is 10.2 Å². The average molecular weight is 285 g/mol. The molecule has 6 nitrogen and oxygen atoms in total. The molecule has 0 saturated carbocycles. The highest BCUT2D eigenvalue weighted by atomic mass is 16.6. The summed E-state index contributed by atoms with van der Waals surface area (Å²) in [6.45, 7) is 2.50. The lowest BCUT2D eigenvalue weighted by Gasteiger charge is -2.06. The van der Waals surface area contributed by atoms with Gasteiger partial charge in [-0.3, -0.25) is 15.5 Å². The molecule has 108 valence electrons. The Bertz CT molecular complexity index is 639. The van der Waals surface area contributed by atoms with E-state index >= 15 is 0 Å². The van der Waals surface area contributed by atoms with Gasteiger partial charge in [0.25, 0.3) is 5.69 Å². The molecule has 1 N–H and O–H groups in total. The minimum atomic E-state index is -0.439. The van der Waals surface area contributed by atoms with Gasteiger partial charge < -0.3 is 4.74 Å². The first-order chi connectivity index (χ1) is 10.2. The summed E-state index contributed by atoms with van der Waals surface area (Å²) in [4.78, 5) is 10.1. The fourth-order valence-corrected chi connectivity index (χ4v) is 1.71. The van der Waals surface area contributed by atoms with Crippen molar-refractivity contribution in [1.82, 2.24) is 0 Å². The Labute approximate surface area is 122 Å². The maximum atomic E-state index is 10.6. The van der Waals surface area contributed by atoms with Crippen molar-refractivity contribution in [3.8, 4) is 5.75 Å². The van der Waals surface area contributed by atoms with Crippen LogP contribution in [0, 0.1) is 10.1 Å². The van der Waals surface area contributed by atoms with Gasteiger partial charge in [-0.2, -0.15) is 5.10 Å². The Balaban J connectivity index is 2.03. The van der Waals surface area contributed by atoms with Crippen molar-refractivity contribution in [3.05, 3.63) is 64.2 Å². The Morgan fingerprint density at radius 2 is 1.95 bits per heavy atom. The molecular weight excluding hydrogens is 270 g/mol. The largest absolute Gasteiger partial charge is 0.493 e. The monoisotopic (exact) mass is 285 g/mol. The molecular formula is C15H15N3O3. The summed E-state index contributed by atoms with van der Waals surface area (Å²) in [5.74, 6) is 0.759. The highest BCUT2D eigenvalue weighted by Gasteiger charge is 2.03. The van der Waals surface area contributed by atoms with Gasteiger partial charge in [0.15, 0.2) is 0 Å². The number of nitrogens with zero attached hydrogens (tertiary/aromatic N) is 2. The lowest BCUT2D eigenvalue weighted by Crippen LogP contribution is -1.97. The fraction of sp³-hybridized carbons (Fsp3) is 0.133. The van der Waals surface area contributed by atoms with Crippen molar-refractivity contribution >= 4 is 17.6 Å². The SMILES string of the molecule is CCOc1ccccc1/C=N/Nc1ccc([N+](=O)[O-])cc1. The van der Waals surface area contributed by atoms with Crippen LogP contribution in [0.25, 0.3) is 0 Å². The van der Waals surface area contributed by atoms with Crippen LogP contribution in [0.15, 0.2) is 53.6 Å². The number of hydrogen-bond donors (Lipinski definition) is 1. The number of anilines is 1. The van der Waals surface area contributed by atoms with Crippen molar-refractivity contribution in [2.24, 2.45) is 5.10 Å². The Hall–Kier alpha value is -2.89. The number of non-ortho nitro benzene ring substituents is 1. The topological polar surface area (TPSA) is 76.8 Å². The molecule has 0 atom stereocenters. The van der Waals surface area contributed by atoms with E-state index in [1.807, 2.05) is 31.2 Å². The average Bonchev–Trinajstić information content (AvgIpc) is 2.50. The molecule has 0 bridgehead atoms. The summed E-state index contributed by atoms with van der Waals surface area (Å²) in [6, 6.07) is 13.6. The Kier molecular flexibility index (Phi) is 4.87. The second-order valence-corrected chi connectivity index (χ2v) is 4.14. The minimum absolute atomic E-state index is 0.0474. The summed E-state index contributed by atoms with van der Waals surface area (Å²) >= 11 is 0. The number of nitrogens with one attached hydrogen (secondary N) is 1. The van der Waals surface area contributed by atoms with Crippen molar-refractivity contribution in [1.29, 1.82) is 0 Å². The third kappa shape index (κ3) is 4.04. The van der Waals surface area contributed by atoms with E-state index in [1.54, 1.807) is 18.3 Å². The normalized spacial score (nSPS) is 10.5. The quantitative estimate of drug-likeness (QED) is 0.501. The number of hydrogen-bond acceptors (Lipinski definition) is 5. The smallest absolute Gasteiger partial charge is 0.269 e. The number of nitro benzene ring substituents is 1. The number of ether oxygens (including phenoxy) is 1. The standard InChI is InChI=1S/C15H15N3O3/c1-2-21-15-6-4-3-5-12(15)11-16-17-13-7-9-14(10-8-13)18(19)20/h3-11,17H,2H2,1H3/b16-11+. The molecule has 0 spiro atoms. The lowest BCUT2D eigenvalue weighted by molar-refractivity contribution is -0.384. The molecule has 21 heavy (non-hydrogen) atoms. The van der Waals surface area contributed by atoms with E-state index in [0.717, 1.165) is 11.3 Å². The maximum Gasteiger partial charge on any atom is 0.269 e. The number of nitro groups is 1. The predicted octanol–water partition coefficient (Wildman–Crippen LogP) is 3.44. The van der Waals surface area contributed by atoms with Gasteiger partial charge in [0.1, 0.15) is 5.75 Å². The van der Waals surface area contributed by atoms with E-state index in [2.05, 4.69) is 10.5 Å². The molecule has 0 aliphatic carbocycles. The van der Waals surface area contributed by atoms with Gasteiger partial charge in [-0.05, 0) is 31.2 Å². The van der Waals surface area contributed by atoms with E-state index in [0.29, 0.717) is 12.3 Å². The van der Waals surface area contributed by atoms with Crippen molar-refractivity contribution in [2.75, 3.05) is 12.0 Å². The summed E-state index contributed by atoms with van der Waals surface area (Å²) in [5, 5.41) is 14.7. The number of benzene rings is 2. The van der Waals surface area contributed by atoms with E-state index < -0.39 is 4.92 Å². The highest BCUT2D eigenvalue weighted by Crippen LogP contribution is 2.17. The molecule has 0 heterocycles. The summed E-state index contributed by atoms with van der Waals surface area (Å²) in [7, 11) is 0. The van der Waals surface area contributed by atoms with Gasteiger partial charge in [0, 0.05) is 17.7 Å². The molecule has 0 radical (unpaired) electrons. The molecule has 0 saturated heterocycles. The first kappa shape index (κ1) is 14.5. The third-order valence-electron chi connectivity index (χ3n) is 2.69. The van der Waals surface area contributed by atoms with Crippen LogP contribution in [0.5, 0.6) is 5.75 Å². The van der Waals surface area contributed by atoms with Crippen LogP contribution >= 0.6 is 0 Å². The van der Waals surface area contributed by atoms with E-state index in [-0.39, 0.29) is 5.69 Å². The van der Waals surface area contributed by atoms with Crippen LogP contribution in [0.4, 0.5) is 11.4 Å². The second kappa shape index (κ2) is 7.04. The molecule has 6 heteroatoms. The molecule has 0 amide bonds. The molecule has 0 aliphatic heterocycles. The van der Waals surface area contributed by atoms with Crippen LogP contribution in [0.3, 0.4) is 0 Å². The highest BCUT2D eigenvalue weighted by molar-refractivity contribution is 5.84. The Morgan fingerprint density at radius 3 is 2.62 bits per heavy atom. The van der Waals surface area contributed by atoms with E-state index in [4.69, 9.17) is 4.74 Å². The van der Waals surface area contributed by atoms with Gasteiger partial charge in [0.05, 0.1) is 23.4 Å². The lowest BCUT2D eigenvalue weighted by atomic mass is 10.2. The maximum absolute atomic E-state index is 10.6. The summed E-state index contributed by atoms with van der Waals surface area (Å²) in [6.07, 6.45) is 1.65. The predicted molar refractivity (Wildman–Crippen MR) is 81.9 cm³/mol. The zero-order chi connectivity index (χ0) is 15.1. The first-order valence-corrected chi connectivity index (χ1v) is 6.46. The fourth-order valence-electron chi connectivity index (χ4n) is 1.71. The van der Waals surface area contributed by atoms with E-state index in [1.165, 1.54) is 12.1 Å². The van der Waals surface area contributed by atoms with Gasteiger partial charge in [-0.15, -0.1) is 0 Å². The van der Waals surface area contributed by atoms with E-state index in [9.17, 15) is 10.1 Å². The zero-order valence-corrected chi connectivity index (χ0v) is 11.5. The van der Waals surface area contributed by atoms with Gasteiger partial charge in [-0.1, -0.05) is 12.1 Å². The van der Waals surface area contributed by atoms with Gasteiger partial charge >= 0.3 is 0 Å². The van der Waals surface area contributed by atoms with Crippen molar-refractivity contribution in [2.45, 2.75) is 6.92 Å². The molecule has 2 rings (SSSR count). The molecule has 2 aromatic carbocycles. The summed E-state index contributed by atoms with van der Waals surface area (Å²) in [5.41, 5.74) is 4.39. The van der Waals surface area contributed by atoms with Crippen LogP contribution in [0.1, 0.15) is 12.5 Å². The zero-order valence-electron chi connectivity index (χ0n) is 11.5. The van der Waals surface area contributed by atoms with Crippen LogP contribution in [0.2, 0.25) is 0 Å². The van der Waals surface area contributed by atoms with Crippen LogP contribution in [-0.2, 0) is 0 Å². The molecule has 0 aliphatic rings. The molecule has 0 fully saturated rings. The molecule has 0 aromatic heterocycles. The first-order valence-electron chi connectivity index (χ1n) is 6.46. The van der Waals surface area contributed by atoms with Crippen molar-refractivity contribution < 1.29 is 9.66 Å². The minimum Gasteiger partial charge on any atom is -0.493 e. The number of para-hydroxylation sites is 1. The molecule has 2 aromatic rings. The number of rotatable bonds is 6. The number of hydrazone groups is 1. The van der Waals surface area contributed by atoms with Gasteiger partial charge in [-0.25, -0.2) is 0 Å². The Morgan fingerprint density at radius 1 is 1.24 bits per heavy atom. The summed E-state index contributed by atoms with van der Waals surface area (Å²) < 4.78 is 5.49. The van der Waals surface area contributed by atoms with Crippen LogP contribution in [-0.4, -0.2) is 17.7 Å². The molecule has 0 unspecified atom stereocenters. The van der Waals surface area contributed by atoms with Crippen molar-refractivity contribution in [3.63, 3.8) is 0 Å². The third-order valence-corrected chi connectivity index (χ3v) is 2.69.